The Balaban J connectivity index is 1.58. The van der Waals surface area contributed by atoms with E-state index in [4.69, 9.17) is 4.42 Å². The Kier molecular flexibility index (Phi) is 5.74. The first-order valence-electron chi connectivity index (χ1n) is 12.9. The van der Waals surface area contributed by atoms with Crippen molar-refractivity contribution >= 4 is 40.4 Å². The number of rotatable bonds is 4. The zero-order chi connectivity index (χ0) is 26.4. The van der Waals surface area contributed by atoms with E-state index in [-0.39, 0.29) is 0 Å². The Morgan fingerprint density at radius 1 is 0.737 bits per heavy atom. The van der Waals surface area contributed by atoms with Crippen molar-refractivity contribution in [2.45, 2.75) is 20.0 Å². The minimum absolute atomic E-state index is 0.698. The smallest absolute Gasteiger partial charge is 0.216 e. The summed E-state index contributed by atoms with van der Waals surface area (Å²) in [4.78, 5) is 0. The number of pyridine rings is 1. The van der Waals surface area contributed by atoms with Gasteiger partial charge in [0, 0.05) is 28.1 Å². The monoisotopic (exact) mass is 509 g/mol. The van der Waals surface area contributed by atoms with Gasteiger partial charge in [0.05, 0.1) is 17.2 Å². The van der Waals surface area contributed by atoms with Crippen LogP contribution in [0, 0.1) is 18.3 Å². The largest absolute Gasteiger partial charge is 0.455 e. The summed E-state index contributed by atoms with van der Waals surface area (Å²) in [5, 5.41) is 14.7. The van der Waals surface area contributed by atoms with Crippen LogP contribution >= 0.6 is 0 Å². The second-order valence-corrected chi connectivity index (χ2v) is 14.8. The van der Waals surface area contributed by atoms with Crippen LogP contribution in [0.25, 0.3) is 44.3 Å². The molecule has 0 fully saturated rings. The fraction of sp³-hybridized carbons (Fsp3) is 0.118. The predicted octanol–water partition coefficient (Wildman–Crippen LogP) is 6.75. The third-order valence-corrected chi connectivity index (χ3v) is 11.3. The highest BCUT2D eigenvalue weighted by Gasteiger charge is 2.33. The van der Waals surface area contributed by atoms with Crippen molar-refractivity contribution < 1.29 is 8.98 Å². The maximum absolute atomic E-state index is 10.2. The van der Waals surface area contributed by atoms with Crippen molar-refractivity contribution in [2.75, 3.05) is 0 Å². The van der Waals surface area contributed by atoms with E-state index in [9.17, 15) is 5.26 Å². The zero-order valence-corrected chi connectivity index (χ0v) is 23.1. The number of hydrogen-bond acceptors (Lipinski definition) is 2. The first-order chi connectivity index (χ1) is 18.4. The predicted molar refractivity (Wildman–Crippen MR) is 158 cm³/mol. The lowest BCUT2D eigenvalue weighted by Crippen LogP contribution is -2.54. The molecular formula is C34H29N2OSi+. The molecule has 38 heavy (non-hydrogen) atoms. The molecule has 0 N–H and O–H groups in total. The number of furan rings is 1. The Morgan fingerprint density at radius 2 is 1.39 bits per heavy atom. The summed E-state index contributed by atoms with van der Waals surface area (Å²) in [5.74, 6) is 0. The SMILES string of the molecule is Cc1ccc2c(oc3c([Si](C)(C)c4ccc(-c5ccccc5)cc4)c(C#N)ccc32)c1-c1cccc[n+]1C. The Hall–Kier alpha value is -4.46. The summed E-state index contributed by atoms with van der Waals surface area (Å²) >= 11 is 0. The van der Waals surface area contributed by atoms with E-state index in [1.165, 1.54) is 16.3 Å². The molecule has 2 aromatic heterocycles. The van der Waals surface area contributed by atoms with Crippen LogP contribution in [0.2, 0.25) is 13.1 Å². The molecule has 0 amide bonds. The third-order valence-electron chi connectivity index (χ3n) is 7.79. The van der Waals surface area contributed by atoms with Crippen molar-refractivity contribution in [3.05, 3.63) is 114 Å². The molecule has 2 heterocycles. The molecule has 0 spiro atoms. The second kappa shape index (κ2) is 9.13. The van der Waals surface area contributed by atoms with Gasteiger partial charge in [0.15, 0.2) is 6.20 Å². The van der Waals surface area contributed by atoms with E-state index in [0.717, 1.165) is 43.9 Å². The fourth-order valence-corrected chi connectivity index (χ4v) is 8.53. The summed E-state index contributed by atoms with van der Waals surface area (Å²) in [6.45, 7) is 6.76. The highest BCUT2D eigenvalue weighted by Crippen LogP contribution is 2.37. The lowest BCUT2D eigenvalue weighted by Gasteiger charge is -2.25. The quantitative estimate of drug-likeness (QED) is 0.195. The summed E-state index contributed by atoms with van der Waals surface area (Å²) in [6.07, 6.45) is 2.06. The van der Waals surface area contributed by atoms with Crippen LogP contribution in [-0.4, -0.2) is 8.07 Å². The van der Waals surface area contributed by atoms with Crippen LogP contribution < -0.4 is 14.9 Å². The minimum Gasteiger partial charge on any atom is -0.455 e. The van der Waals surface area contributed by atoms with E-state index >= 15 is 0 Å². The van der Waals surface area contributed by atoms with Gasteiger partial charge in [-0.2, -0.15) is 5.26 Å². The number of nitriles is 1. The van der Waals surface area contributed by atoms with Crippen molar-refractivity contribution in [1.29, 1.82) is 5.26 Å². The third kappa shape index (κ3) is 3.75. The molecule has 0 aliphatic rings. The van der Waals surface area contributed by atoms with Crippen LogP contribution in [0.1, 0.15) is 11.1 Å². The number of nitrogens with zero attached hydrogens (tertiary/aromatic N) is 2. The van der Waals surface area contributed by atoms with Gasteiger partial charge >= 0.3 is 0 Å². The summed E-state index contributed by atoms with van der Waals surface area (Å²) < 4.78 is 8.95. The molecule has 0 aliphatic heterocycles. The first kappa shape index (κ1) is 23.9. The molecule has 184 valence electrons. The van der Waals surface area contributed by atoms with E-state index in [2.05, 4.69) is 123 Å². The molecular weight excluding hydrogens is 480 g/mol. The first-order valence-corrected chi connectivity index (χ1v) is 15.9. The average molecular weight is 510 g/mol. The van der Waals surface area contributed by atoms with Crippen molar-refractivity contribution in [1.82, 2.24) is 0 Å². The molecule has 4 aromatic carbocycles. The highest BCUT2D eigenvalue weighted by molar-refractivity contribution is 7.02. The molecule has 0 saturated carbocycles. The lowest BCUT2D eigenvalue weighted by atomic mass is 10.0. The van der Waals surface area contributed by atoms with Crippen LogP contribution in [0.3, 0.4) is 0 Å². The van der Waals surface area contributed by atoms with Crippen molar-refractivity contribution in [2.24, 2.45) is 7.05 Å². The van der Waals surface area contributed by atoms with Crippen LogP contribution in [-0.2, 0) is 7.05 Å². The van der Waals surface area contributed by atoms with Gasteiger partial charge < -0.3 is 4.42 Å². The summed E-state index contributed by atoms with van der Waals surface area (Å²) in [5.41, 5.74) is 8.17. The van der Waals surface area contributed by atoms with E-state index < -0.39 is 8.07 Å². The van der Waals surface area contributed by atoms with E-state index in [1.807, 2.05) is 18.2 Å². The van der Waals surface area contributed by atoms with Gasteiger partial charge in [-0.1, -0.05) is 85.0 Å². The van der Waals surface area contributed by atoms with Gasteiger partial charge in [0.1, 0.15) is 26.3 Å². The molecule has 0 unspecified atom stereocenters. The summed E-state index contributed by atoms with van der Waals surface area (Å²) in [7, 11) is -0.255. The van der Waals surface area contributed by atoms with Crippen LogP contribution in [0.5, 0.6) is 0 Å². The molecule has 0 radical (unpaired) electrons. The second-order valence-electron chi connectivity index (χ2n) is 10.5. The zero-order valence-electron chi connectivity index (χ0n) is 22.1. The molecule has 0 atom stereocenters. The van der Waals surface area contributed by atoms with Gasteiger partial charge in [0.25, 0.3) is 0 Å². The lowest BCUT2D eigenvalue weighted by molar-refractivity contribution is -0.660. The van der Waals surface area contributed by atoms with Gasteiger partial charge in [-0.15, -0.1) is 0 Å². The van der Waals surface area contributed by atoms with Gasteiger partial charge in [-0.3, -0.25) is 0 Å². The average Bonchev–Trinajstić information content (AvgIpc) is 3.32. The minimum atomic E-state index is -2.31. The Morgan fingerprint density at radius 3 is 2.11 bits per heavy atom. The fourth-order valence-electron chi connectivity index (χ4n) is 5.67. The van der Waals surface area contributed by atoms with Crippen LogP contribution in [0.15, 0.2) is 108 Å². The molecule has 0 aliphatic carbocycles. The summed E-state index contributed by atoms with van der Waals surface area (Å²) in [6, 6.07) is 36.3. The number of fused-ring (bicyclic) bond motifs is 3. The standard InChI is InChI=1S/C34H29N2OSi/c1-23-13-19-28-29-20-16-26(22-35)34(33(29)37-32(28)31(23)30-12-8-9-21-36(30)2)38(3,4)27-17-14-25(15-18-27)24-10-6-5-7-11-24/h5-21H,1-4H3/q+1. The van der Waals surface area contributed by atoms with Crippen molar-refractivity contribution in [3.8, 4) is 28.5 Å². The maximum Gasteiger partial charge on any atom is 0.216 e. The number of benzene rings is 4. The molecule has 3 nitrogen and oxygen atoms in total. The normalized spacial score (nSPS) is 11.7. The van der Waals surface area contributed by atoms with E-state index in [0.29, 0.717) is 5.56 Å². The molecule has 4 heteroatoms. The number of aromatic nitrogens is 1. The van der Waals surface area contributed by atoms with Gasteiger partial charge in [-0.25, -0.2) is 4.57 Å². The van der Waals surface area contributed by atoms with Crippen molar-refractivity contribution in [3.63, 3.8) is 0 Å². The van der Waals surface area contributed by atoms with Crippen LogP contribution in [0.4, 0.5) is 0 Å². The number of aryl methyl sites for hydroxylation is 2. The molecule has 0 bridgehead atoms. The number of hydrogen-bond donors (Lipinski definition) is 0. The molecule has 6 aromatic rings. The van der Waals surface area contributed by atoms with Gasteiger partial charge in [0.2, 0.25) is 5.69 Å². The Labute approximate surface area is 224 Å². The maximum atomic E-state index is 10.2. The van der Waals surface area contributed by atoms with Gasteiger partial charge in [-0.05, 0) is 41.8 Å². The topological polar surface area (TPSA) is 40.8 Å². The highest BCUT2D eigenvalue weighted by atomic mass is 28.3. The Bertz CT molecular complexity index is 1860. The molecule has 0 saturated heterocycles. The van der Waals surface area contributed by atoms with E-state index in [1.54, 1.807) is 0 Å². The molecule has 6 rings (SSSR count).